The molecule has 0 radical (unpaired) electrons. The van der Waals surface area contributed by atoms with Crippen molar-refractivity contribution in [3.05, 3.63) is 44.6 Å². The molecule has 0 bridgehead atoms. The van der Waals surface area contributed by atoms with Crippen molar-refractivity contribution in [2.24, 2.45) is 11.8 Å². The van der Waals surface area contributed by atoms with Crippen molar-refractivity contribution >= 4 is 15.9 Å². The van der Waals surface area contributed by atoms with E-state index in [1.54, 1.807) is 0 Å². The van der Waals surface area contributed by atoms with Crippen LogP contribution in [0.3, 0.4) is 0 Å². The summed E-state index contributed by atoms with van der Waals surface area (Å²) in [4.78, 5) is 10.4. The lowest BCUT2D eigenvalue weighted by Gasteiger charge is -2.27. The Hall–Kier alpha value is -0.900. The highest BCUT2D eigenvalue weighted by atomic mass is 79.9. The SMILES string of the molecule is O=[N+]([O-])C1=C(Br)C[C@H]2C=CC=C[C@@H]2C1. The summed E-state index contributed by atoms with van der Waals surface area (Å²) >= 11 is 3.30. The van der Waals surface area contributed by atoms with Gasteiger partial charge in [-0.15, -0.1) is 0 Å². The molecule has 74 valence electrons. The number of rotatable bonds is 1. The van der Waals surface area contributed by atoms with Gasteiger partial charge in [-0.3, -0.25) is 10.1 Å². The third kappa shape index (κ3) is 1.66. The van der Waals surface area contributed by atoms with Crippen LogP contribution >= 0.6 is 15.9 Å². The van der Waals surface area contributed by atoms with Gasteiger partial charge in [0.05, 0.1) is 9.41 Å². The molecule has 2 rings (SSSR count). The minimum atomic E-state index is -0.271. The molecule has 0 N–H and O–H groups in total. The van der Waals surface area contributed by atoms with E-state index >= 15 is 0 Å². The van der Waals surface area contributed by atoms with Gasteiger partial charge in [-0.05, 0) is 34.2 Å². The van der Waals surface area contributed by atoms with Crippen LogP contribution in [0, 0.1) is 22.0 Å². The van der Waals surface area contributed by atoms with Gasteiger partial charge >= 0.3 is 0 Å². The zero-order valence-electron chi connectivity index (χ0n) is 7.52. The van der Waals surface area contributed by atoms with Crippen LogP contribution in [0.15, 0.2) is 34.5 Å². The van der Waals surface area contributed by atoms with E-state index in [2.05, 4.69) is 28.1 Å². The first-order valence-corrected chi connectivity index (χ1v) is 5.34. The number of hydrogen-bond acceptors (Lipinski definition) is 2. The average molecular weight is 256 g/mol. The quantitative estimate of drug-likeness (QED) is 0.534. The van der Waals surface area contributed by atoms with Crippen molar-refractivity contribution < 1.29 is 4.92 Å². The second-order valence-electron chi connectivity index (χ2n) is 3.61. The van der Waals surface area contributed by atoms with E-state index in [0.29, 0.717) is 24.0 Å². The number of allylic oxidation sites excluding steroid dienone is 6. The zero-order chi connectivity index (χ0) is 10.1. The lowest BCUT2D eigenvalue weighted by Crippen LogP contribution is -2.21. The van der Waals surface area contributed by atoms with Crippen LogP contribution in [-0.4, -0.2) is 4.92 Å². The molecule has 0 aromatic rings. The molecule has 0 aromatic carbocycles. The molecule has 0 saturated carbocycles. The van der Waals surface area contributed by atoms with Crippen molar-refractivity contribution in [2.45, 2.75) is 12.8 Å². The average Bonchev–Trinajstić information content (AvgIpc) is 2.16. The Morgan fingerprint density at radius 3 is 2.43 bits per heavy atom. The standard InChI is InChI=1S/C10H10BrNO2/c11-9-5-7-3-1-2-4-8(7)6-10(9)12(13)14/h1-4,7-8H,5-6H2/t7-,8-/m1/s1. The van der Waals surface area contributed by atoms with Crippen molar-refractivity contribution in [3.63, 3.8) is 0 Å². The molecule has 0 aromatic heterocycles. The fraction of sp³-hybridized carbons (Fsp3) is 0.400. The molecule has 0 heterocycles. The van der Waals surface area contributed by atoms with Crippen molar-refractivity contribution in [1.82, 2.24) is 0 Å². The van der Waals surface area contributed by atoms with Crippen LogP contribution in [0.2, 0.25) is 0 Å². The highest BCUT2D eigenvalue weighted by Crippen LogP contribution is 2.39. The van der Waals surface area contributed by atoms with Crippen LogP contribution < -0.4 is 0 Å². The summed E-state index contributed by atoms with van der Waals surface area (Å²) in [5, 5.41) is 10.7. The molecular formula is C10H10BrNO2. The molecule has 14 heavy (non-hydrogen) atoms. The third-order valence-corrected chi connectivity index (χ3v) is 3.54. The summed E-state index contributed by atoms with van der Waals surface area (Å²) in [6.45, 7) is 0. The Labute approximate surface area is 90.5 Å². The normalized spacial score (nSPS) is 30.4. The van der Waals surface area contributed by atoms with Crippen molar-refractivity contribution in [3.8, 4) is 0 Å². The van der Waals surface area contributed by atoms with Crippen molar-refractivity contribution in [2.75, 3.05) is 0 Å². The lowest BCUT2D eigenvalue weighted by atomic mass is 9.79. The Morgan fingerprint density at radius 1 is 1.29 bits per heavy atom. The second kappa shape index (κ2) is 3.69. The maximum Gasteiger partial charge on any atom is 0.256 e. The van der Waals surface area contributed by atoms with Gasteiger partial charge in [-0.25, -0.2) is 0 Å². The summed E-state index contributed by atoms with van der Waals surface area (Å²) in [7, 11) is 0. The fourth-order valence-electron chi connectivity index (χ4n) is 1.97. The van der Waals surface area contributed by atoms with Gasteiger partial charge in [-0.1, -0.05) is 24.3 Å². The minimum absolute atomic E-state index is 0.271. The first kappa shape index (κ1) is 9.65. The molecule has 0 spiro atoms. The number of halogens is 1. The molecule has 0 aliphatic heterocycles. The van der Waals surface area contributed by atoms with Gasteiger partial charge in [-0.2, -0.15) is 0 Å². The van der Waals surface area contributed by atoms with Gasteiger partial charge in [0.25, 0.3) is 5.70 Å². The number of nitrogens with zero attached hydrogens (tertiary/aromatic N) is 1. The number of nitro groups is 1. The van der Waals surface area contributed by atoms with E-state index in [9.17, 15) is 10.1 Å². The number of fused-ring (bicyclic) bond motifs is 1. The van der Waals surface area contributed by atoms with Crippen LogP contribution in [-0.2, 0) is 0 Å². The maximum atomic E-state index is 10.7. The molecule has 2 atom stereocenters. The molecule has 2 aliphatic carbocycles. The Bertz CT molecular complexity index is 357. The lowest BCUT2D eigenvalue weighted by molar-refractivity contribution is -0.430. The maximum absolute atomic E-state index is 10.7. The predicted octanol–water partition coefficient (Wildman–Crippen LogP) is 3.02. The molecule has 2 aliphatic rings. The smallest absolute Gasteiger partial charge is 0.256 e. The van der Waals surface area contributed by atoms with Gasteiger partial charge in [0, 0.05) is 6.42 Å². The van der Waals surface area contributed by atoms with E-state index in [1.165, 1.54) is 0 Å². The van der Waals surface area contributed by atoms with Gasteiger partial charge < -0.3 is 0 Å². The molecule has 0 amide bonds. The fourth-order valence-corrected chi connectivity index (χ4v) is 2.65. The first-order valence-electron chi connectivity index (χ1n) is 4.55. The zero-order valence-corrected chi connectivity index (χ0v) is 9.11. The van der Waals surface area contributed by atoms with Crippen molar-refractivity contribution in [1.29, 1.82) is 0 Å². The van der Waals surface area contributed by atoms with Crippen LogP contribution in [0.5, 0.6) is 0 Å². The van der Waals surface area contributed by atoms with E-state index in [1.807, 2.05) is 12.2 Å². The molecule has 0 unspecified atom stereocenters. The van der Waals surface area contributed by atoms with Crippen LogP contribution in [0.4, 0.5) is 0 Å². The first-order chi connectivity index (χ1) is 6.68. The van der Waals surface area contributed by atoms with Crippen LogP contribution in [0.25, 0.3) is 0 Å². The van der Waals surface area contributed by atoms with E-state index in [-0.39, 0.29) is 4.92 Å². The largest absolute Gasteiger partial charge is 0.259 e. The molecular weight excluding hydrogens is 246 g/mol. The van der Waals surface area contributed by atoms with E-state index < -0.39 is 0 Å². The summed E-state index contributed by atoms with van der Waals surface area (Å²) in [5.41, 5.74) is 0.339. The third-order valence-electron chi connectivity index (χ3n) is 2.76. The monoisotopic (exact) mass is 255 g/mol. The second-order valence-corrected chi connectivity index (χ2v) is 4.57. The van der Waals surface area contributed by atoms with E-state index in [0.717, 1.165) is 10.9 Å². The highest BCUT2D eigenvalue weighted by molar-refractivity contribution is 9.11. The molecule has 3 nitrogen and oxygen atoms in total. The Morgan fingerprint density at radius 2 is 1.86 bits per heavy atom. The van der Waals surface area contributed by atoms with E-state index in [4.69, 9.17) is 0 Å². The summed E-state index contributed by atoms with van der Waals surface area (Å²) < 4.78 is 0.753. The predicted molar refractivity (Wildman–Crippen MR) is 57.4 cm³/mol. The molecule has 4 heteroatoms. The number of hydrogen-bond donors (Lipinski definition) is 0. The topological polar surface area (TPSA) is 43.1 Å². The summed E-state index contributed by atoms with van der Waals surface area (Å²) in [6, 6.07) is 0. The van der Waals surface area contributed by atoms with Gasteiger partial charge in [0.2, 0.25) is 0 Å². The Kier molecular flexibility index (Phi) is 2.54. The summed E-state index contributed by atoms with van der Waals surface area (Å²) in [6.07, 6.45) is 9.47. The summed E-state index contributed by atoms with van der Waals surface area (Å²) in [5.74, 6) is 0.736. The molecule has 0 saturated heterocycles. The van der Waals surface area contributed by atoms with Gasteiger partial charge in [0.1, 0.15) is 0 Å². The minimum Gasteiger partial charge on any atom is -0.259 e. The molecule has 0 fully saturated rings. The highest BCUT2D eigenvalue weighted by Gasteiger charge is 2.32. The van der Waals surface area contributed by atoms with Gasteiger partial charge in [0.15, 0.2) is 0 Å². The van der Waals surface area contributed by atoms with Crippen LogP contribution in [0.1, 0.15) is 12.8 Å². The Balaban J connectivity index is 2.27.